The van der Waals surface area contributed by atoms with Gasteiger partial charge in [0.1, 0.15) is 11.8 Å². The van der Waals surface area contributed by atoms with Gasteiger partial charge in [0.05, 0.1) is 19.1 Å². The minimum absolute atomic E-state index is 0.0139. The second kappa shape index (κ2) is 7.66. The Balaban J connectivity index is 1.53. The average Bonchev–Trinajstić information content (AvgIpc) is 2.57. The minimum atomic E-state index is -0.327. The van der Waals surface area contributed by atoms with E-state index >= 15 is 0 Å². The van der Waals surface area contributed by atoms with Crippen molar-refractivity contribution in [2.45, 2.75) is 57.2 Å². The molecule has 0 aromatic heterocycles. The van der Waals surface area contributed by atoms with Gasteiger partial charge in [0.15, 0.2) is 6.04 Å². The summed E-state index contributed by atoms with van der Waals surface area (Å²) in [6.45, 7) is 2.54. The van der Waals surface area contributed by atoms with E-state index in [1.165, 1.54) is 12.8 Å². The summed E-state index contributed by atoms with van der Waals surface area (Å²) in [6, 6.07) is 7.63. The van der Waals surface area contributed by atoms with E-state index in [0.29, 0.717) is 12.6 Å². The molecule has 1 aromatic carbocycles. The molecule has 0 radical (unpaired) electrons. The number of amides is 2. The average molecular weight is 332 g/mol. The van der Waals surface area contributed by atoms with Gasteiger partial charge in [0.25, 0.3) is 5.91 Å². The molecule has 2 amide bonds. The molecule has 6 heteroatoms. The summed E-state index contributed by atoms with van der Waals surface area (Å²) < 4.78 is 5.38. The van der Waals surface area contributed by atoms with Gasteiger partial charge >= 0.3 is 0 Å². The summed E-state index contributed by atoms with van der Waals surface area (Å²) in [6.07, 6.45) is 4.75. The van der Waals surface area contributed by atoms with Crippen molar-refractivity contribution in [2.75, 3.05) is 11.9 Å². The fraction of sp³-hybridized carbons (Fsp3) is 0.556. The number of ether oxygens (including phenoxy) is 1. The Labute approximate surface area is 142 Å². The Kier molecular flexibility index (Phi) is 5.35. The summed E-state index contributed by atoms with van der Waals surface area (Å²) in [4.78, 5) is 24.5. The molecule has 1 aliphatic heterocycles. The topological polar surface area (TPSA) is 84.0 Å². The number of piperazine rings is 1. The minimum Gasteiger partial charge on any atom is -0.494 e. The molecule has 1 heterocycles. The molecule has 1 aromatic rings. The highest BCUT2D eigenvalue weighted by Gasteiger charge is 2.40. The summed E-state index contributed by atoms with van der Waals surface area (Å²) >= 11 is 0. The van der Waals surface area contributed by atoms with Crippen LogP contribution >= 0.6 is 0 Å². The maximum absolute atomic E-state index is 12.3. The maximum atomic E-state index is 12.3. The van der Waals surface area contributed by atoms with Crippen LogP contribution in [0.3, 0.4) is 0 Å². The van der Waals surface area contributed by atoms with E-state index in [-0.39, 0.29) is 30.3 Å². The number of benzene rings is 1. The summed E-state index contributed by atoms with van der Waals surface area (Å²) in [5.41, 5.74) is 0.718. The third-order valence-corrected chi connectivity index (χ3v) is 4.82. The quantitative estimate of drug-likeness (QED) is 0.745. The third-order valence-electron chi connectivity index (χ3n) is 4.82. The third kappa shape index (κ3) is 4.06. The van der Waals surface area contributed by atoms with Crippen LogP contribution in [0.15, 0.2) is 24.3 Å². The Bertz CT molecular complexity index is 588. The highest BCUT2D eigenvalue weighted by Crippen LogP contribution is 2.19. The largest absolute Gasteiger partial charge is 0.494 e. The molecule has 0 unspecified atom stereocenters. The highest BCUT2D eigenvalue weighted by atomic mass is 16.5. The van der Waals surface area contributed by atoms with Gasteiger partial charge in [-0.2, -0.15) is 0 Å². The number of fused-ring (bicyclic) bond motifs is 1. The van der Waals surface area contributed by atoms with Crippen molar-refractivity contribution < 1.29 is 19.6 Å². The van der Waals surface area contributed by atoms with Crippen LogP contribution in [0, 0.1) is 0 Å². The number of hydrogen-bond acceptors (Lipinski definition) is 3. The molecular formula is C18H26N3O3+. The number of nitrogens with two attached hydrogens (primary N) is 1. The standard InChI is InChI=1S/C18H25N3O3/c1-2-24-13-9-7-12(8-10-13)19-17(22)11-16-18(23)21-15-6-4-3-5-14(15)20-16/h7-10,14-16,20H,2-6,11H2,1H3,(H,19,22)(H,21,23)/p+1/t14-,15+,16-/m1/s1. The van der Waals surface area contributed by atoms with Crippen LogP contribution in [0.5, 0.6) is 5.75 Å². The van der Waals surface area contributed by atoms with Crippen molar-refractivity contribution in [3.63, 3.8) is 0 Å². The van der Waals surface area contributed by atoms with E-state index in [4.69, 9.17) is 4.74 Å². The molecule has 4 N–H and O–H groups in total. The Morgan fingerprint density at radius 2 is 2.04 bits per heavy atom. The first-order chi connectivity index (χ1) is 11.7. The van der Waals surface area contributed by atoms with Crippen LogP contribution in [-0.2, 0) is 9.59 Å². The second-order valence-electron chi connectivity index (χ2n) is 6.57. The van der Waals surface area contributed by atoms with Crippen LogP contribution in [0.25, 0.3) is 0 Å². The van der Waals surface area contributed by atoms with Gasteiger partial charge in [0, 0.05) is 12.1 Å². The highest BCUT2D eigenvalue weighted by molar-refractivity contribution is 5.95. The van der Waals surface area contributed by atoms with Gasteiger partial charge in [-0.3, -0.25) is 9.59 Å². The lowest BCUT2D eigenvalue weighted by Crippen LogP contribution is -3.03. The Morgan fingerprint density at radius 3 is 2.79 bits per heavy atom. The van der Waals surface area contributed by atoms with Gasteiger partial charge in [-0.15, -0.1) is 0 Å². The molecular weight excluding hydrogens is 306 g/mol. The van der Waals surface area contributed by atoms with E-state index in [2.05, 4.69) is 16.0 Å². The first-order valence-corrected chi connectivity index (χ1v) is 8.84. The van der Waals surface area contributed by atoms with E-state index in [1.807, 2.05) is 31.2 Å². The smallest absolute Gasteiger partial charge is 0.279 e. The summed E-state index contributed by atoms with van der Waals surface area (Å²) in [5, 5.41) is 8.05. The molecule has 0 bridgehead atoms. The van der Waals surface area contributed by atoms with Crippen molar-refractivity contribution in [3.8, 4) is 5.75 Å². The number of rotatable bonds is 5. The van der Waals surface area contributed by atoms with E-state index < -0.39 is 0 Å². The van der Waals surface area contributed by atoms with E-state index in [0.717, 1.165) is 24.3 Å². The lowest BCUT2D eigenvalue weighted by molar-refractivity contribution is -0.718. The molecule has 1 saturated carbocycles. The molecule has 3 rings (SSSR count). The molecule has 130 valence electrons. The van der Waals surface area contributed by atoms with Gasteiger partial charge in [-0.1, -0.05) is 6.42 Å². The maximum Gasteiger partial charge on any atom is 0.279 e. The molecule has 2 fully saturated rings. The lowest BCUT2D eigenvalue weighted by atomic mass is 9.87. The van der Waals surface area contributed by atoms with Crippen molar-refractivity contribution in [1.82, 2.24) is 5.32 Å². The molecule has 1 saturated heterocycles. The molecule has 2 aliphatic rings. The summed E-state index contributed by atoms with van der Waals surface area (Å²) in [7, 11) is 0. The zero-order chi connectivity index (χ0) is 16.9. The van der Waals surface area contributed by atoms with Crippen molar-refractivity contribution in [3.05, 3.63) is 24.3 Å². The number of anilines is 1. The predicted octanol–water partition coefficient (Wildman–Crippen LogP) is 0.787. The Hall–Kier alpha value is -2.08. The van der Waals surface area contributed by atoms with Crippen LogP contribution in [0.2, 0.25) is 0 Å². The van der Waals surface area contributed by atoms with Crippen molar-refractivity contribution in [1.29, 1.82) is 0 Å². The zero-order valence-electron chi connectivity index (χ0n) is 14.1. The van der Waals surface area contributed by atoms with Crippen molar-refractivity contribution >= 4 is 17.5 Å². The molecule has 24 heavy (non-hydrogen) atoms. The van der Waals surface area contributed by atoms with Gasteiger partial charge in [-0.05, 0) is 44.0 Å². The predicted molar refractivity (Wildman–Crippen MR) is 90.8 cm³/mol. The van der Waals surface area contributed by atoms with Crippen LogP contribution in [-0.4, -0.2) is 36.5 Å². The SMILES string of the molecule is CCOc1ccc(NC(=O)C[C@H]2[NH2+][C@@H]3CCCC[C@@H]3NC2=O)cc1. The van der Waals surface area contributed by atoms with Crippen molar-refractivity contribution in [2.24, 2.45) is 0 Å². The lowest BCUT2D eigenvalue weighted by Gasteiger charge is -2.37. The second-order valence-corrected chi connectivity index (χ2v) is 6.57. The number of carbonyl (C=O) groups is 2. The first kappa shape index (κ1) is 16.8. The number of hydrogen-bond donors (Lipinski definition) is 3. The normalized spacial score (nSPS) is 26.2. The fourth-order valence-corrected chi connectivity index (χ4v) is 3.62. The van der Waals surface area contributed by atoms with Crippen LogP contribution in [0.4, 0.5) is 5.69 Å². The Morgan fingerprint density at radius 1 is 1.29 bits per heavy atom. The number of carbonyl (C=O) groups excluding carboxylic acids is 2. The zero-order valence-corrected chi connectivity index (χ0v) is 14.1. The molecule has 6 nitrogen and oxygen atoms in total. The fourth-order valence-electron chi connectivity index (χ4n) is 3.62. The van der Waals surface area contributed by atoms with E-state index in [9.17, 15) is 9.59 Å². The molecule has 3 atom stereocenters. The van der Waals surface area contributed by atoms with Crippen LogP contribution in [0.1, 0.15) is 39.0 Å². The van der Waals surface area contributed by atoms with Gasteiger partial charge in [0.2, 0.25) is 5.91 Å². The van der Waals surface area contributed by atoms with Gasteiger partial charge in [-0.25, -0.2) is 0 Å². The van der Waals surface area contributed by atoms with E-state index in [1.54, 1.807) is 0 Å². The molecule has 0 spiro atoms. The molecule has 1 aliphatic carbocycles. The van der Waals surface area contributed by atoms with Crippen LogP contribution < -0.4 is 20.7 Å². The number of nitrogens with one attached hydrogen (secondary N) is 2. The monoisotopic (exact) mass is 332 g/mol. The summed E-state index contributed by atoms with van der Waals surface area (Å²) in [5.74, 6) is 0.628. The van der Waals surface area contributed by atoms with Gasteiger partial charge < -0.3 is 20.7 Å². The first-order valence-electron chi connectivity index (χ1n) is 8.84. The number of quaternary nitrogens is 1.